The molecule has 7 nitrogen and oxygen atoms in total. The van der Waals surface area contributed by atoms with E-state index in [0.29, 0.717) is 31.2 Å². The Morgan fingerprint density at radius 2 is 2.14 bits per heavy atom. The summed E-state index contributed by atoms with van der Waals surface area (Å²) >= 11 is 0. The van der Waals surface area contributed by atoms with E-state index in [1.54, 1.807) is 19.9 Å². The van der Waals surface area contributed by atoms with Gasteiger partial charge in [-0.3, -0.25) is 0 Å². The Kier molecular flexibility index (Phi) is 6.79. The van der Waals surface area contributed by atoms with Crippen LogP contribution in [0.2, 0.25) is 0 Å². The van der Waals surface area contributed by atoms with Crippen molar-refractivity contribution in [3.05, 3.63) is 23.9 Å². The van der Waals surface area contributed by atoms with Crippen LogP contribution in [0.4, 0.5) is 13.2 Å². The van der Waals surface area contributed by atoms with E-state index >= 15 is 0 Å². The summed E-state index contributed by atoms with van der Waals surface area (Å²) in [6, 6.07) is 3.04. The summed E-state index contributed by atoms with van der Waals surface area (Å²) < 4.78 is 65.0. The van der Waals surface area contributed by atoms with Gasteiger partial charge in [0.15, 0.2) is 22.4 Å². The maximum Gasteiger partial charge on any atom is 0.422 e. The van der Waals surface area contributed by atoms with Crippen LogP contribution in [0.15, 0.2) is 23.3 Å². The first-order chi connectivity index (χ1) is 12.9. The Hall–Kier alpha value is -2.04. The van der Waals surface area contributed by atoms with Gasteiger partial charge in [0.25, 0.3) is 0 Å². The van der Waals surface area contributed by atoms with Crippen molar-refractivity contribution in [2.75, 3.05) is 32.0 Å². The first-order valence-corrected chi connectivity index (χ1v) is 10.5. The lowest BCUT2D eigenvalue weighted by atomic mass is 10.2. The van der Waals surface area contributed by atoms with E-state index in [9.17, 15) is 21.6 Å². The standard InChI is InChI=1S/C17H25F3N4O3S/c1-4-21-15(24-7-8-28(25,26)16(2,3)11-24)23-10-13-5-6-22-14(9-13)27-12-17(18,19)20/h5-6,9H,4,7-8,10-12H2,1-3H3,(H,21,23). The third-order valence-corrected chi connectivity index (χ3v) is 6.81. The molecule has 1 aliphatic rings. The smallest absolute Gasteiger partial charge is 0.422 e. The Morgan fingerprint density at radius 1 is 1.43 bits per heavy atom. The second-order valence-corrected chi connectivity index (χ2v) is 9.82. The fraction of sp³-hybridized carbons (Fsp3) is 0.647. The van der Waals surface area contributed by atoms with Crippen LogP contribution in [0.1, 0.15) is 26.3 Å². The van der Waals surface area contributed by atoms with Crippen molar-refractivity contribution in [1.82, 2.24) is 15.2 Å². The van der Waals surface area contributed by atoms with E-state index in [-0.39, 0.29) is 18.2 Å². The normalized spacial score (nSPS) is 19.4. The van der Waals surface area contributed by atoms with E-state index in [4.69, 9.17) is 0 Å². The van der Waals surface area contributed by atoms with Crippen molar-refractivity contribution in [3.8, 4) is 5.88 Å². The van der Waals surface area contributed by atoms with Gasteiger partial charge in [0.1, 0.15) is 0 Å². The summed E-state index contributed by atoms with van der Waals surface area (Å²) in [5, 5.41) is 3.13. The number of pyridine rings is 1. The first kappa shape index (κ1) is 22.3. The van der Waals surface area contributed by atoms with Crippen molar-refractivity contribution in [3.63, 3.8) is 0 Å². The first-order valence-electron chi connectivity index (χ1n) is 8.83. The lowest BCUT2D eigenvalue weighted by Gasteiger charge is -2.39. The molecule has 1 N–H and O–H groups in total. The predicted molar refractivity (Wildman–Crippen MR) is 100 cm³/mol. The highest BCUT2D eigenvalue weighted by molar-refractivity contribution is 7.92. The van der Waals surface area contributed by atoms with Gasteiger partial charge >= 0.3 is 6.18 Å². The van der Waals surface area contributed by atoms with Gasteiger partial charge in [0.05, 0.1) is 17.0 Å². The summed E-state index contributed by atoms with van der Waals surface area (Å²) in [7, 11) is -3.17. The highest BCUT2D eigenvalue weighted by Crippen LogP contribution is 2.24. The molecular weight excluding hydrogens is 397 g/mol. The quantitative estimate of drug-likeness (QED) is 0.577. The lowest BCUT2D eigenvalue weighted by Crippen LogP contribution is -2.57. The van der Waals surface area contributed by atoms with Crippen molar-refractivity contribution in [2.24, 2.45) is 4.99 Å². The molecule has 2 heterocycles. The second-order valence-electron chi connectivity index (χ2n) is 7.08. The Bertz CT molecular complexity index is 810. The van der Waals surface area contributed by atoms with Crippen molar-refractivity contribution < 1.29 is 26.3 Å². The number of nitrogens with one attached hydrogen (secondary N) is 1. The number of aromatic nitrogens is 1. The molecule has 0 amide bonds. The number of rotatable bonds is 5. The zero-order chi connectivity index (χ0) is 21.0. The molecule has 0 bridgehead atoms. The van der Waals surface area contributed by atoms with Crippen molar-refractivity contribution >= 4 is 15.8 Å². The fourth-order valence-corrected chi connectivity index (χ4v) is 4.07. The Labute approximate surface area is 162 Å². The van der Waals surface area contributed by atoms with Gasteiger partial charge in [-0.2, -0.15) is 13.2 Å². The lowest BCUT2D eigenvalue weighted by molar-refractivity contribution is -0.154. The van der Waals surface area contributed by atoms with Crippen LogP contribution in [0.25, 0.3) is 0 Å². The third-order valence-electron chi connectivity index (χ3n) is 4.27. The molecule has 1 saturated heterocycles. The van der Waals surface area contributed by atoms with Gasteiger partial charge < -0.3 is 15.0 Å². The van der Waals surface area contributed by atoms with Crippen LogP contribution in [0.5, 0.6) is 5.88 Å². The summed E-state index contributed by atoms with van der Waals surface area (Å²) in [6.45, 7) is 5.28. The van der Waals surface area contributed by atoms with E-state index in [0.717, 1.165) is 0 Å². The number of hydrogen-bond donors (Lipinski definition) is 1. The molecule has 1 aliphatic heterocycles. The number of nitrogens with zero attached hydrogens (tertiary/aromatic N) is 3. The highest BCUT2D eigenvalue weighted by Gasteiger charge is 2.41. The average Bonchev–Trinajstić information content (AvgIpc) is 2.59. The van der Waals surface area contributed by atoms with Crippen LogP contribution in [0, 0.1) is 0 Å². The molecule has 2 rings (SSSR count). The molecule has 0 radical (unpaired) electrons. The number of hydrogen-bond acceptors (Lipinski definition) is 5. The van der Waals surface area contributed by atoms with E-state index in [1.165, 1.54) is 12.3 Å². The van der Waals surface area contributed by atoms with Crippen molar-refractivity contribution in [1.29, 1.82) is 0 Å². The number of alkyl halides is 3. The van der Waals surface area contributed by atoms with Gasteiger partial charge in [-0.15, -0.1) is 0 Å². The number of ether oxygens (including phenoxy) is 1. The van der Waals surface area contributed by atoms with E-state index in [1.807, 2.05) is 11.8 Å². The summed E-state index contributed by atoms with van der Waals surface area (Å²) in [5.41, 5.74) is 0.631. The third kappa shape index (κ3) is 5.98. The fourth-order valence-electron chi connectivity index (χ4n) is 2.70. The SMILES string of the molecule is CCNC(=NCc1ccnc(OCC(F)(F)F)c1)N1CCS(=O)(=O)C(C)(C)C1. The molecule has 0 atom stereocenters. The van der Waals surface area contributed by atoms with Crippen molar-refractivity contribution in [2.45, 2.75) is 38.2 Å². The molecule has 158 valence electrons. The Balaban J connectivity index is 2.11. The van der Waals surface area contributed by atoms with Crippen LogP contribution in [-0.4, -0.2) is 67.2 Å². The summed E-state index contributed by atoms with van der Waals surface area (Å²) in [4.78, 5) is 10.2. The number of sulfone groups is 1. The minimum Gasteiger partial charge on any atom is -0.468 e. The summed E-state index contributed by atoms with van der Waals surface area (Å²) in [6.07, 6.45) is -3.07. The van der Waals surface area contributed by atoms with E-state index in [2.05, 4.69) is 20.0 Å². The molecule has 0 saturated carbocycles. The molecule has 1 fully saturated rings. The van der Waals surface area contributed by atoms with Gasteiger partial charge in [0, 0.05) is 31.9 Å². The minimum absolute atomic E-state index is 0.0368. The van der Waals surface area contributed by atoms with Crippen LogP contribution >= 0.6 is 0 Å². The minimum atomic E-state index is -4.44. The van der Waals surface area contributed by atoms with Crippen LogP contribution in [0.3, 0.4) is 0 Å². The highest BCUT2D eigenvalue weighted by atomic mass is 32.2. The molecule has 1 aromatic heterocycles. The molecular formula is C17H25F3N4O3S. The monoisotopic (exact) mass is 422 g/mol. The molecule has 0 unspecified atom stereocenters. The predicted octanol–water partition coefficient (Wildman–Crippen LogP) is 2.00. The molecule has 0 aliphatic carbocycles. The van der Waals surface area contributed by atoms with E-state index < -0.39 is 27.4 Å². The van der Waals surface area contributed by atoms with Gasteiger partial charge in [-0.25, -0.2) is 18.4 Å². The number of guanidine groups is 1. The summed E-state index contributed by atoms with van der Waals surface area (Å²) in [5.74, 6) is 0.468. The number of aliphatic imine (C=N–C) groups is 1. The number of halogens is 3. The second kappa shape index (κ2) is 8.54. The molecule has 28 heavy (non-hydrogen) atoms. The van der Waals surface area contributed by atoms with Gasteiger partial charge in [-0.05, 0) is 32.4 Å². The van der Waals surface area contributed by atoms with Gasteiger partial charge in [-0.1, -0.05) is 0 Å². The molecule has 11 heteroatoms. The zero-order valence-electron chi connectivity index (χ0n) is 16.1. The maximum atomic E-state index is 12.3. The largest absolute Gasteiger partial charge is 0.468 e. The zero-order valence-corrected chi connectivity index (χ0v) is 16.9. The van der Waals surface area contributed by atoms with Crippen LogP contribution < -0.4 is 10.1 Å². The maximum absolute atomic E-state index is 12.3. The average molecular weight is 422 g/mol. The van der Waals surface area contributed by atoms with Crippen LogP contribution in [-0.2, 0) is 16.4 Å². The molecule has 1 aromatic rings. The molecule has 0 aromatic carbocycles. The molecule has 0 spiro atoms. The van der Waals surface area contributed by atoms with Gasteiger partial charge in [0.2, 0.25) is 5.88 Å². The topological polar surface area (TPSA) is 83.9 Å². The Morgan fingerprint density at radius 3 is 2.75 bits per heavy atom.